The Bertz CT molecular complexity index is 2050. The topological polar surface area (TPSA) is 111 Å². The summed E-state index contributed by atoms with van der Waals surface area (Å²) in [5.74, 6) is -6.92. The molecule has 6 rings (SSSR count). The molecule has 2 aliphatic heterocycles. The first kappa shape index (κ1) is 37.2. The number of ether oxygens (including phenoxy) is 2. The predicted octanol–water partition coefficient (Wildman–Crippen LogP) is 7.17. The Kier molecular flexibility index (Phi) is 12.0. The van der Waals surface area contributed by atoms with Crippen LogP contribution in [0.4, 0.5) is 17.6 Å². The average molecular weight is 715 g/mol. The van der Waals surface area contributed by atoms with Crippen LogP contribution >= 0.6 is 0 Å². The molecule has 0 aliphatic carbocycles. The van der Waals surface area contributed by atoms with Crippen molar-refractivity contribution >= 4 is 23.8 Å². The van der Waals surface area contributed by atoms with Crippen molar-refractivity contribution in [3.63, 3.8) is 0 Å². The van der Waals surface area contributed by atoms with E-state index in [4.69, 9.17) is 9.47 Å². The maximum Gasteiger partial charge on any atom is 0.336 e. The van der Waals surface area contributed by atoms with Gasteiger partial charge in [0.15, 0.2) is 11.6 Å². The molecule has 0 aromatic heterocycles. The van der Waals surface area contributed by atoms with Gasteiger partial charge >= 0.3 is 11.9 Å². The van der Waals surface area contributed by atoms with E-state index in [-0.39, 0.29) is 54.6 Å². The molecule has 268 valence electrons. The average Bonchev–Trinajstić information content (AvgIpc) is 3.11. The van der Waals surface area contributed by atoms with E-state index in [1.807, 2.05) is 60.7 Å². The van der Waals surface area contributed by atoms with E-state index in [9.17, 15) is 36.7 Å². The molecule has 0 radical (unpaired) electrons. The summed E-state index contributed by atoms with van der Waals surface area (Å²) in [6.45, 7) is 3.28. The maximum absolute atomic E-state index is 14.2. The highest BCUT2D eigenvalue weighted by atomic mass is 19.2. The zero-order chi connectivity index (χ0) is 37.4. The van der Waals surface area contributed by atoms with Gasteiger partial charge in [-0.3, -0.25) is 9.59 Å². The van der Waals surface area contributed by atoms with Crippen LogP contribution in [0, 0.1) is 23.3 Å². The lowest BCUT2D eigenvalue weighted by molar-refractivity contribution is -0.142. The Balaban J connectivity index is 0.000000201. The lowest BCUT2D eigenvalue weighted by Crippen LogP contribution is -2.34. The number of hydrogen-bond acceptors (Lipinski definition) is 6. The Morgan fingerprint density at radius 1 is 0.615 bits per heavy atom. The molecule has 4 aromatic carbocycles. The van der Waals surface area contributed by atoms with Gasteiger partial charge < -0.3 is 20.1 Å². The molecule has 0 saturated carbocycles. The highest BCUT2D eigenvalue weighted by molar-refractivity contribution is 5.96. The number of carbonyl (C=O) groups is 4. The summed E-state index contributed by atoms with van der Waals surface area (Å²) < 4.78 is 65.0. The van der Waals surface area contributed by atoms with Gasteiger partial charge in [0, 0.05) is 42.1 Å². The maximum atomic E-state index is 14.2. The van der Waals surface area contributed by atoms with Crippen molar-refractivity contribution in [2.24, 2.45) is 0 Å². The standard InChI is InChI=1S/2C20H17F2NO3/c1-12-19(20(25)26-11-13-5-3-2-4-6-13)15(10-18(24)23-12)14-7-8-16(21)17(22)9-14;1-12-19(20(25)26-11-13-5-3-2-4-6-13)16(10-18(24)23-12)15-8-7-14(21)9-17(15)22/h2-9,15H,10-11H2,1H3,(H,23,24);2-9,16H,10-11H2,1H3,(H,23,24). The lowest BCUT2D eigenvalue weighted by atomic mass is 9.84. The van der Waals surface area contributed by atoms with Crippen LogP contribution in [0.1, 0.15) is 60.8 Å². The van der Waals surface area contributed by atoms with Gasteiger partial charge in [-0.25, -0.2) is 27.2 Å². The number of nitrogens with one attached hydrogen (secondary N) is 2. The number of amides is 2. The number of esters is 2. The van der Waals surface area contributed by atoms with E-state index in [0.29, 0.717) is 17.0 Å². The van der Waals surface area contributed by atoms with Gasteiger partial charge in [0.25, 0.3) is 0 Å². The first-order valence-corrected chi connectivity index (χ1v) is 16.2. The summed E-state index contributed by atoms with van der Waals surface area (Å²) in [6, 6.07) is 24.8. The summed E-state index contributed by atoms with van der Waals surface area (Å²) in [5, 5.41) is 5.19. The number of hydrogen-bond donors (Lipinski definition) is 2. The van der Waals surface area contributed by atoms with Crippen LogP contribution in [0.5, 0.6) is 0 Å². The Hall–Kier alpha value is -6.04. The van der Waals surface area contributed by atoms with Gasteiger partial charge in [-0.05, 0) is 54.3 Å². The smallest absolute Gasteiger partial charge is 0.336 e. The van der Waals surface area contributed by atoms with E-state index < -0.39 is 47.0 Å². The molecular weight excluding hydrogens is 680 g/mol. The van der Waals surface area contributed by atoms with Gasteiger partial charge in [-0.2, -0.15) is 0 Å². The van der Waals surface area contributed by atoms with E-state index in [2.05, 4.69) is 10.6 Å². The summed E-state index contributed by atoms with van der Waals surface area (Å²) in [5.41, 5.74) is 3.16. The minimum atomic E-state index is -1.02. The van der Waals surface area contributed by atoms with Gasteiger partial charge in [0.05, 0.1) is 11.1 Å². The van der Waals surface area contributed by atoms with Crippen LogP contribution in [0.3, 0.4) is 0 Å². The normalized spacial score (nSPS) is 17.0. The zero-order valence-electron chi connectivity index (χ0n) is 28.2. The van der Waals surface area contributed by atoms with Crippen LogP contribution in [0.25, 0.3) is 0 Å². The second kappa shape index (κ2) is 16.8. The largest absolute Gasteiger partial charge is 0.457 e. The van der Waals surface area contributed by atoms with Crippen molar-refractivity contribution in [2.75, 3.05) is 0 Å². The molecule has 2 atom stereocenters. The molecule has 12 heteroatoms. The third-order valence-corrected chi connectivity index (χ3v) is 8.49. The van der Waals surface area contributed by atoms with E-state index in [0.717, 1.165) is 35.4 Å². The first-order chi connectivity index (χ1) is 24.9. The first-order valence-electron chi connectivity index (χ1n) is 16.2. The Labute approximate surface area is 297 Å². The molecule has 0 spiro atoms. The Morgan fingerprint density at radius 3 is 1.62 bits per heavy atom. The predicted molar refractivity (Wildman–Crippen MR) is 182 cm³/mol. The number of benzene rings is 4. The molecule has 0 bridgehead atoms. The molecule has 2 unspecified atom stereocenters. The number of rotatable bonds is 8. The molecule has 8 nitrogen and oxygen atoms in total. The van der Waals surface area contributed by atoms with Crippen molar-refractivity contribution in [3.05, 3.63) is 165 Å². The van der Waals surface area contributed by atoms with Gasteiger partial charge in [0.2, 0.25) is 11.8 Å². The van der Waals surface area contributed by atoms with Crippen LogP contribution in [-0.2, 0) is 41.9 Å². The number of halogens is 4. The summed E-state index contributed by atoms with van der Waals surface area (Å²) in [4.78, 5) is 49.0. The van der Waals surface area contributed by atoms with Crippen LogP contribution < -0.4 is 10.6 Å². The molecule has 0 fully saturated rings. The minimum Gasteiger partial charge on any atom is -0.457 e. The van der Waals surface area contributed by atoms with Crippen molar-refractivity contribution in [1.82, 2.24) is 10.6 Å². The van der Waals surface area contributed by atoms with Crippen LogP contribution in [-0.4, -0.2) is 23.8 Å². The van der Waals surface area contributed by atoms with Crippen molar-refractivity contribution < 1.29 is 46.2 Å². The SMILES string of the molecule is CC1=C(C(=O)OCc2ccccc2)C(c2ccc(F)c(F)c2)CC(=O)N1.CC1=C(C(=O)OCc2ccccc2)C(c2ccc(F)cc2F)CC(=O)N1. The third-order valence-electron chi connectivity index (χ3n) is 8.49. The summed E-state index contributed by atoms with van der Waals surface area (Å²) in [6.07, 6.45) is -0.159. The Morgan fingerprint density at radius 2 is 1.12 bits per heavy atom. The highest BCUT2D eigenvalue weighted by Gasteiger charge is 2.35. The molecule has 52 heavy (non-hydrogen) atoms. The van der Waals surface area contributed by atoms with Gasteiger partial charge in [-0.15, -0.1) is 0 Å². The molecule has 2 aliphatic rings. The summed E-state index contributed by atoms with van der Waals surface area (Å²) >= 11 is 0. The number of carbonyl (C=O) groups excluding carboxylic acids is 4. The molecule has 0 saturated heterocycles. The van der Waals surface area contributed by atoms with Crippen LogP contribution in [0.2, 0.25) is 0 Å². The van der Waals surface area contributed by atoms with E-state index >= 15 is 0 Å². The fraction of sp³-hybridized carbons (Fsp3) is 0.200. The van der Waals surface area contributed by atoms with E-state index in [1.165, 1.54) is 12.1 Å². The number of allylic oxidation sites excluding steroid dienone is 2. The van der Waals surface area contributed by atoms with Crippen LogP contribution in [0.15, 0.2) is 120 Å². The molecular formula is C40H34F4N2O6. The zero-order valence-corrected chi connectivity index (χ0v) is 28.2. The monoisotopic (exact) mass is 714 g/mol. The summed E-state index contributed by atoms with van der Waals surface area (Å²) in [7, 11) is 0. The molecule has 2 heterocycles. The van der Waals surface area contributed by atoms with Crippen molar-refractivity contribution in [2.45, 2.75) is 51.7 Å². The fourth-order valence-corrected chi connectivity index (χ4v) is 6.01. The van der Waals surface area contributed by atoms with Crippen molar-refractivity contribution in [1.29, 1.82) is 0 Å². The quantitative estimate of drug-likeness (QED) is 0.148. The van der Waals surface area contributed by atoms with Gasteiger partial charge in [-0.1, -0.05) is 72.8 Å². The minimum absolute atomic E-state index is 0.0435. The molecule has 4 aromatic rings. The molecule has 2 N–H and O–H groups in total. The molecule has 2 amide bonds. The second-order valence-electron chi connectivity index (χ2n) is 12.1. The second-order valence-corrected chi connectivity index (χ2v) is 12.1. The lowest BCUT2D eigenvalue weighted by Gasteiger charge is -2.26. The van der Waals surface area contributed by atoms with Gasteiger partial charge in [0.1, 0.15) is 24.8 Å². The highest BCUT2D eigenvalue weighted by Crippen LogP contribution is 2.36. The third kappa shape index (κ3) is 9.19. The van der Waals surface area contributed by atoms with E-state index in [1.54, 1.807) is 13.8 Å². The van der Waals surface area contributed by atoms with Crippen molar-refractivity contribution in [3.8, 4) is 0 Å². The fourth-order valence-electron chi connectivity index (χ4n) is 6.01.